The van der Waals surface area contributed by atoms with Crippen LogP contribution in [0.25, 0.3) is 0 Å². The molecular formula is C12H19N3O. The molecule has 16 heavy (non-hydrogen) atoms. The number of carbonyl (C=O) groups is 1. The van der Waals surface area contributed by atoms with Gasteiger partial charge in [-0.15, -0.1) is 0 Å². The molecule has 0 aliphatic rings. The molecular weight excluding hydrogens is 202 g/mol. The first-order chi connectivity index (χ1) is 7.76. The monoisotopic (exact) mass is 221 g/mol. The summed E-state index contributed by atoms with van der Waals surface area (Å²) in [7, 11) is 0. The lowest BCUT2D eigenvalue weighted by atomic mass is 10.3. The van der Waals surface area contributed by atoms with Crippen LogP contribution in [0.2, 0.25) is 0 Å². The summed E-state index contributed by atoms with van der Waals surface area (Å²) in [5.41, 5.74) is 6.29. The van der Waals surface area contributed by atoms with Crippen molar-refractivity contribution in [3.8, 4) is 0 Å². The van der Waals surface area contributed by atoms with Crippen LogP contribution in [-0.2, 0) is 4.79 Å². The number of hydrogen-bond acceptors (Lipinski definition) is 3. The van der Waals surface area contributed by atoms with E-state index in [4.69, 9.17) is 5.73 Å². The highest BCUT2D eigenvalue weighted by molar-refractivity contribution is 5.92. The maximum atomic E-state index is 11.7. The highest BCUT2D eigenvalue weighted by Crippen LogP contribution is 2.04. The lowest BCUT2D eigenvalue weighted by Crippen LogP contribution is -2.36. The fourth-order valence-electron chi connectivity index (χ4n) is 1.46. The molecule has 3 N–H and O–H groups in total. The second-order valence-electron chi connectivity index (χ2n) is 3.57. The third-order valence-corrected chi connectivity index (χ3v) is 2.32. The standard InChI is InChI=1S/C12H19N3O/c1-2-15(9-8-13)10-12(16)14-11-6-4-3-5-7-11/h3-7H,2,8-10,13H2,1H3,(H,14,16). The topological polar surface area (TPSA) is 58.4 Å². The van der Waals surface area contributed by atoms with Crippen LogP contribution in [0.3, 0.4) is 0 Å². The summed E-state index contributed by atoms with van der Waals surface area (Å²) in [6.45, 7) is 4.57. The second kappa shape index (κ2) is 6.98. The molecule has 1 aromatic carbocycles. The SMILES string of the molecule is CCN(CCN)CC(=O)Nc1ccccc1. The Morgan fingerprint density at radius 3 is 2.62 bits per heavy atom. The van der Waals surface area contributed by atoms with Crippen LogP contribution in [0.15, 0.2) is 30.3 Å². The fraction of sp³-hybridized carbons (Fsp3) is 0.417. The maximum Gasteiger partial charge on any atom is 0.238 e. The fourth-order valence-corrected chi connectivity index (χ4v) is 1.46. The van der Waals surface area contributed by atoms with Crippen molar-refractivity contribution < 1.29 is 4.79 Å². The number of nitrogens with two attached hydrogens (primary N) is 1. The molecule has 0 radical (unpaired) electrons. The molecule has 1 rings (SSSR count). The summed E-state index contributed by atoms with van der Waals surface area (Å²) in [5, 5.41) is 2.84. The number of rotatable bonds is 6. The number of nitrogens with zero attached hydrogens (tertiary/aromatic N) is 1. The highest BCUT2D eigenvalue weighted by Gasteiger charge is 2.07. The molecule has 0 bridgehead atoms. The zero-order chi connectivity index (χ0) is 11.8. The van der Waals surface area contributed by atoms with E-state index in [0.717, 1.165) is 18.8 Å². The van der Waals surface area contributed by atoms with Gasteiger partial charge in [-0.3, -0.25) is 9.69 Å². The number of hydrogen-bond donors (Lipinski definition) is 2. The van der Waals surface area contributed by atoms with Crippen molar-refractivity contribution in [2.24, 2.45) is 5.73 Å². The maximum absolute atomic E-state index is 11.7. The lowest BCUT2D eigenvalue weighted by Gasteiger charge is -2.18. The van der Waals surface area contributed by atoms with Crippen LogP contribution in [0.4, 0.5) is 5.69 Å². The number of amides is 1. The van der Waals surface area contributed by atoms with E-state index in [2.05, 4.69) is 5.32 Å². The van der Waals surface area contributed by atoms with Gasteiger partial charge in [-0.05, 0) is 18.7 Å². The van der Waals surface area contributed by atoms with Gasteiger partial charge in [0.1, 0.15) is 0 Å². The zero-order valence-corrected chi connectivity index (χ0v) is 9.65. The number of likely N-dealkylation sites (N-methyl/N-ethyl adjacent to an activating group) is 1. The van der Waals surface area contributed by atoms with Gasteiger partial charge < -0.3 is 11.1 Å². The molecule has 88 valence electrons. The molecule has 0 aliphatic heterocycles. The second-order valence-corrected chi connectivity index (χ2v) is 3.57. The van der Waals surface area contributed by atoms with Crippen molar-refractivity contribution in [2.75, 3.05) is 31.5 Å². The van der Waals surface area contributed by atoms with E-state index in [-0.39, 0.29) is 5.91 Å². The molecule has 1 aromatic rings. The molecule has 0 saturated carbocycles. The molecule has 0 spiro atoms. The van der Waals surface area contributed by atoms with Gasteiger partial charge in [0.15, 0.2) is 0 Å². The quantitative estimate of drug-likeness (QED) is 0.750. The Kier molecular flexibility index (Phi) is 5.53. The first-order valence-corrected chi connectivity index (χ1v) is 5.53. The Bertz CT molecular complexity index is 313. The van der Waals surface area contributed by atoms with Crippen molar-refractivity contribution in [1.82, 2.24) is 4.90 Å². The molecule has 0 unspecified atom stereocenters. The number of para-hydroxylation sites is 1. The Balaban J connectivity index is 2.41. The molecule has 0 aliphatic carbocycles. The van der Waals surface area contributed by atoms with Crippen LogP contribution in [0.1, 0.15) is 6.92 Å². The van der Waals surface area contributed by atoms with E-state index in [1.54, 1.807) is 0 Å². The zero-order valence-electron chi connectivity index (χ0n) is 9.65. The van der Waals surface area contributed by atoms with Gasteiger partial charge >= 0.3 is 0 Å². The summed E-state index contributed by atoms with van der Waals surface area (Å²) in [6, 6.07) is 9.46. The third-order valence-electron chi connectivity index (χ3n) is 2.32. The average Bonchev–Trinajstić information content (AvgIpc) is 2.29. The summed E-state index contributed by atoms with van der Waals surface area (Å²) >= 11 is 0. The largest absolute Gasteiger partial charge is 0.329 e. The van der Waals surface area contributed by atoms with Crippen LogP contribution < -0.4 is 11.1 Å². The van der Waals surface area contributed by atoms with Crippen LogP contribution in [0, 0.1) is 0 Å². The van der Waals surface area contributed by atoms with Gasteiger partial charge in [-0.2, -0.15) is 0 Å². The van der Waals surface area contributed by atoms with E-state index >= 15 is 0 Å². The molecule has 0 heterocycles. The predicted octanol–water partition coefficient (Wildman–Crippen LogP) is 0.906. The number of carbonyl (C=O) groups excluding carboxylic acids is 1. The average molecular weight is 221 g/mol. The van der Waals surface area contributed by atoms with Crippen molar-refractivity contribution in [2.45, 2.75) is 6.92 Å². The van der Waals surface area contributed by atoms with Crippen molar-refractivity contribution in [1.29, 1.82) is 0 Å². The molecule has 0 aromatic heterocycles. The van der Waals surface area contributed by atoms with Gasteiger partial charge in [0.05, 0.1) is 6.54 Å². The van der Waals surface area contributed by atoms with E-state index in [1.165, 1.54) is 0 Å². The lowest BCUT2D eigenvalue weighted by molar-refractivity contribution is -0.117. The van der Waals surface area contributed by atoms with Crippen molar-refractivity contribution in [3.05, 3.63) is 30.3 Å². The molecule has 0 saturated heterocycles. The van der Waals surface area contributed by atoms with Gasteiger partial charge in [0, 0.05) is 18.8 Å². The summed E-state index contributed by atoms with van der Waals surface area (Å²) in [6.07, 6.45) is 0. The Hall–Kier alpha value is -1.39. The first kappa shape index (κ1) is 12.7. The van der Waals surface area contributed by atoms with E-state index in [9.17, 15) is 4.79 Å². The molecule has 1 amide bonds. The van der Waals surface area contributed by atoms with Crippen molar-refractivity contribution >= 4 is 11.6 Å². The Morgan fingerprint density at radius 1 is 1.38 bits per heavy atom. The third kappa shape index (κ3) is 4.42. The highest BCUT2D eigenvalue weighted by atomic mass is 16.2. The number of anilines is 1. The van der Waals surface area contributed by atoms with Gasteiger partial charge in [0.2, 0.25) is 5.91 Å². The van der Waals surface area contributed by atoms with Gasteiger partial charge in [-0.1, -0.05) is 25.1 Å². The number of benzene rings is 1. The summed E-state index contributed by atoms with van der Waals surface area (Å²) < 4.78 is 0. The number of nitrogens with one attached hydrogen (secondary N) is 1. The Morgan fingerprint density at radius 2 is 2.06 bits per heavy atom. The van der Waals surface area contributed by atoms with Crippen LogP contribution >= 0.6 is 0 Å². The normalized spacial score (nSPS) is 10.4. The molecule has 4 heteroatoms. The van der Waals surface area contributed by atoms with Crippen LogP contribution in [0.5, 0.6) is 0 Å². The molecule has 4 nitrogen and oxygen atoms in total. The van der Waals surface area contributed by atoms with E-state index in [0.29, 0.717) is 13.1 Å². The summed E-state index contributed by atoms with van der Waals surface area (Å²) in [5.74, 6) is 0.00139. The van der Waals surface area contributed by atoms with Crippen LogP contribution in [-0.4, -0.2) is 37.0 Å². The van der Waals surface area contributed by atoms with E-state index in [1.807, 2.05) is 42.2 Å². The first-order valence-electron chi connectivity index (χ1n) is 5.53. The predicted molar refractivity (Wildman–Crippen MR) is 66.2 cm³/mol. The van der Waals surface area contributed by atoms with Gasteiger partial charge in [-0.25, -0.2) is 0 Å². The minimum absolute atomic E-state index is 0.00139. The van der Waals surface area contributed by atoms with Gasteiger partial charge in [0.25, 0.3) is 0 Å². The minimum atomic E-state index is 0.00139. The van der Waals surface area contributed by atoms with E-state index < -0.39 is 0 Å². The molecule has 0 fully saturated rings. The van der Waals surface area contributed by atoms with Crippen molar-refractivity contribution in [3.63, 3.8) is 0 Å². The minimum Gasteiger partial charge on any atom is -0.329 e. The Labute approximate surface area is 96.4 Å². The summed E-state index contributed by atoms with van der Waals surface area (Å²) in [4.78, 5) is 13.7. The molecule has 0 atom stereocenters. The smallest absolute Gasteiger partial charge is 0.238 e.